The minimum atomic E-state index is 0.497. The second-order valence-electron chi connectivity index (χ2n) is 10.1. The van der Waals surface area contributed by atoms with Crippen LogP contribution in [0.25, 0.3) is 0 Å². The van der Waals surface area contributed by atoms with Gasteiger partial charge in [-0.15, -0.1) is 0 Å². The molecule has 34 heavy (non-hydrogen) atoms. The fraction of sp³-hybridized carbons (Fsp3) is 0.419. The van der Waals surface area contributed by atoms with Crippen LogP contribution in [0, 0.1) is 0 Å². The van der Waals surface area contributed by atoms with Gasteiger partial charge in [0.1, 0.15) is 12.4 Å². The summed E-state index contributed by atoms with van der Waals surface area (Å²) in [4.78, 5) is 2.49. The van der Waals surface area contributed by atoms with Gasteiger partial charge >= 0.3 is 0 Å². The third-order valence-electron chi connectivity index (χ3n) is 6.63. The predicted octanol–water partition coefficient (Wildman–Crippen LogP) is 6.94. The summed E-state index contributed by atoms with van der Waals surface area (Å²) >= 11 is 0. The third-order valence-corrected chi connectivity index (χ3v) is 6.63. The Balaban J connectivity index is 1.56. The van der Waals surface area contributed by atoms with E-state index < -0.39 is 0 Å². The average molecular weight is 458 g/mol. The van der Waals surface area contributed by atoms with Gasteiger partial charge in [0, 0.05) is 26.1 Å². The van der Waals surface area contributed by atoms with E-state index in [1.54, 1.807) is 0 Å². The molecule has 4 rings (SSSR count). The Morgan fingerprint density at radius 2 is 1.50 bits per heavy atom. The second kappa shape index (κ2) is 11.7. The van der Waals surface area contributed by atoms with Crippen molar-refractivity contribution < 1.29 is 9.47 Å². The summed E-state index contributed by atoms with van der Waals surface area (Å²) in [5.74, 6) is 2.03. The van der Waals surface area contributed by atoms with E-state index >= 15 is 0 Å². The maximum absolute atomic E-state index is 6.15. The first-order valence-electron chi connectivity index (χ1n) is 12.7. The van der Waals surface area contributed by atoms with Gasteiger partial charge in [-0.25, -0.2) is 0 Å². The Kier molecular flexibility index (Phi) is 8.42. The van der Waals surface area contributed by atoms with Crippen molar-refractivity contribution in [2.24, 2.45) is 0 Å². The lowest BCUT2D eigenvalue weighted by atomic mass is 9.96. The van der Waals surface area contributed by atoms with Crippen molar-refractivity contribution in [1.29, 1.82) is 0 Å². The molecule has 1 aliphatic heterocycles. The topological polar surface area (TPSA) is 21.7 Å². The van der Waals surface area contributed by atoms with E-state index in [1.165, 1.54) is 33.4 Å². The van der Waals surface area contributed by atoms with Crippen LogP contribution in [0.15, 0.2) is 66.7 Å². The van der Waals surface area contributed by atoms with Crippen LogP contribution in [-0.4, -0.2) is 31.3 Å². The van der Waals surface area contributed by atoms with Gasteiger partial charge in [0.25, 0.3) is 0 Å². The van der Waals surface area contributed by atoms with Crippen LogP contribution in [0.3, 0.4) is 0 Å². The van der Waals surface area contributed by atoms with Gasteiger partial charge < -0.3 is 9.47 Å². The van der Waals surface area contributed by atoms with Crippen LogP contribution in [0.4, 0.5) is 0 Å². The Morgan fingerprint density at radius 3 is 2.26 bits per heavy atom. The number of nitrogens with zero attached hydrogens (tertiary/aromatic N) is 1. The van der Waals surface area contributed by atoms with Crippen LogP contribution in [-0.2, 0) is 24.2 Å². The summed E-state index contributed by atoms with van der Waals surface area (Å²) in [6, 6.07) is 24.7. The van der Waals surface area contributed by atoms with Gasteiger partial charge in [-0.1, -0.05) is 88.4 Å². The molecule has 3 heteroatoms. The van der Waals surface area contributed by atoms with Crippen molar-refractivity contribution in [3.05, 3.63) is 100 Å². The summed E-state index contributed by atoms with van der Waals surface area (Å²) in [6.45, 7) is 13.6. The third kappa shape index (κ3) is 6.71. The minimum absolute atomic E-state index is 0.497. The first-order chi connectivity index (χ1) is 16.5. The van der Waals surface area contributed by atoms with Gasteiger partial charge in [0.05, 0.1) is 13.2 Å². The zero-order valence-corrected chi connectivity index (χ0v) is 21.2. The molecule has 0 atom stereocenters. The van der Waals surface area contributed by atoms with Gasteiger partial charge in [-0.2, -0.15) is 0 Å². The van der Waals surface area contributed by atoms with Crippen LogP contribution in [0.5, 0.6) is 5.75 Å². The average Bonchev–Trinajstić information content (AvgIpc) is 2.82. The quantitative estimate of drug-likeness (QED) is 0.424. The molecule has 0 saturated carbocycles. The molecule has 1 aliphatic rings. The monoisotopic (exact) mass is 457 g/mol. The molecule has 1 heterocycles. The SMILES string of the molecule is CC(C)c1ccc(CN2CCOCCOc3ccc(C(C)C)cc3Cc3cccc(c3)C2)cc1. The van der Waals surface area contributed by atoms with Gasteiger partial charge in [-0.05, 0) is 51.3 Å². The number of ether oxygens (including phenoxy) is 2. The summed E-state index contributed by atoms with van der Waals surface area (Å²) < 4.78 is 12.1. The highest BCUT2D eigenvalue weighted by atomic mass is 16.5. The number of hydrogen-bond donors (Lipinski definition) is 0. The van der Waals surface area contributed by atoms with Crippen LogP contribution in [0.1, 0.15) is 72.9 Å². The van der Waals surface area contributed by atoms with E-state index in [1.807, 2.05) is 0 Å². The Morgan fingerprint density at radius 1 is 0.765 bits per heavy atom. The highest BCUT2D eigenvalue weighted by Crippen LogP contribution is 2.27. The molecule has 0 fully saturated rings. The van der Waals surface area contributed by atoms with Crippen LogP contribution in [0.2, 0.25) is 0 Å². The Labute approximate surface area is 205 Å². The van der Waals surface area contributed by atoms with Crippen molar-refractivity contribution in [1.82, 2.24) is 4.90 Å². The molecule has 3 nitrogen and oxygen atoms in total. The minimum Gasteiger partial charge on any atom is -0.491 e. The Hall–Kier alpha value is -2.62. The Bertz CT molecular complexity index is 1060. The van der Waals surface area contributed by atoms with E-state index in [-0.39, 0.29) is 0 Å². The zero-order valence-electron chi connectivity index (χ0n) is 21.2. The molecule has 0 amide bonds. The standard InChI is InChI=1S/C31H39NO2/c1-23(2)28-10-8-25(9-11-28)21-32-14-15-33-16-17-34-31-13-12-29(24(3)4)20-30(31)19-26-6-5-7-27(18-26)22-32/h5-13,18,20,23-24H,14-17,19,21-22H2,1-4H3. The van der Waals surface area contributed by atoms with Gasteiger partial charge in [0.2, 0.25) is 0 Å². The molecule has 0 spiro atoms. The molecule has 0 aromatic heterocycles. The van der Waals surface area contributed by atoms with Crippen molar-refractivity contribution in [2.45, 2.75) is 59.0 Å². The molecule has 3 aromatic rings. The lowest BCUT2D eigenvalue weighted by Gasteiger charge is -2.24. The van der Waals surface area contributed by atoms with Crippen LogP contribution >= 0.6 is 0 Å². The van der Waals surface area contributed by atoms with Crippen molar-refractivity contribution >= 4 is 0 Å². The first-order valence-corrected chi connectivity index (χ1v) is 12.7. The summed E-state index contributed by atoms with van der Waals surface area (Å²) in [6.07, 6.45) is 0.876. The highest BCUT2D eigenvalue weighted by Gasteiger charge is 2.13. The normalized spacial score (nSPS) is 15.6. The molecular weight excluding hydrogens is 418 g/mol. The van der Waals surface area contributed by atoms with E-state index in [0.29, 0.717) is 31.7 Å². The van der Waals surface area contributed by atoms with Gasteiger partial charge in [0.15, 0.2) is 0 Å². The molecule has 0 radical (unpaired) electrons. The van der Waals surface area contributed by atoms with Crippen LogP contribution < -0.4 is 4.74 Å². The van der Waals surface area contributed by atoms with E-state index in [0.717, 1.165) is 31.8 Å². The van der Waals surface area contributed by atoms with E-state index in [2.05, 4.69) is 99.3 Å². The maximum Gasteiger partial charge on any atom is 0.122 e. The van der Waals surface area contributed by atoms with Crippen molar-refractivity contribution in [3.8, 4) is 5.75 Å². The number of rotatable bonds is 4. The summed E-state index contributed by atoms with van der Waals surface area (Å²) in [5, 5.41) is 0. The summed E-state index contributed by atoms with van der Waals surface area (Å²) in [7, 11) is 0. The molecular formula is C31H39NO2. The molecule has 0 aliphatic carbocycles. The first kappa shape index (κ1) is 24.5. The predicted molar refractivity (Wildman–Crippen MR) is 141 cm³/mol. The van der Waals surface area contributed by atoms with E-state index in [4.69, 9.17) is 9.47 Å². The highest BCUT2D eigenvalue weighted by molar-refractivity contribution is 5.42. The molecule has 3 aromatic carbocycles. The van der Waals surface area contributed by atoms with Crippen molar-refractivity contribution in [3.63, 3.8) is 0 Å². The number of hydrogen-bond acceptors (Lipinski definition) is 3. The molecule has 0 N–H and O–H groups in total. The smallest absolute Gasteiger partial charge is 0.122 e. The fourth-order valence-corrected chi connectivity index (χ4v) is 4.54. The fourth-order valence-electron chi connectivity index (χ4n) is 4.54. The largest absolute Gasteiger partial charge is 0.491 e. The molecule has 0 saturated heterocycles. The van der Waals surface area contributed by atoms with Gasteiger partial charge in [-0.3, -0.25) is 4.90 Å². The lowest BCUT2D eigenvalue weighted by Crippen LogP contribution is -2.27. The summed E-state index contributed by atoms with van der Waals surface area (Å²) in [5.41, 5.74) is 8.02. The second-order valence-corrected chi connectivity index (χ2v) is 10.1. The zero-order chi connectivity index (χ0) is 23.9. The number of fused-ring (bicyclic) bond motifs is 3. The molecule has 180 valence electrons. The molecule has 0 unspecified atom stereocenters. The number of benzene rings is 3. The lowest BCUT2D eigenvalue weighted by molar-refractivity contribution is 0.0757. The molecule has 2 bridgehead atoms. The maximum atomic E-state index is 6.15. The van der Waals surface area contributed by atoms with E-state index in [9.17, 15) is 0 Å². The van der Waals surface area contributed by atoms with Crippen molar-refractivity contribution in [2.75, 3.05) is 26.4 Å².